The van der Waals surface area contributed by atoms with Gasteiger partial charge in [0.2, 0.25) is 11.5 Å². The highest BCUT2D eigenvalue weighted by molar-refractivity contribution is 6.31. The second kappa shape index (κ2) is 20.8. The molecule has 0 radical (unpaired) electrons. The minimum Gasteiger partial charge on any atom is -0.493 e. The average molecular weight is 832 g/mol. The molecule has 0 aliphatic carbocycles. The zero-order valence-electron chi connectivity index (χ0n) is 34.6. The summed E-state index contributed by atoms with van der Waals surface area (Å²) in [4.78, 5) is 18.6. The molecule has 0 fully saturated rings. The van der Waals surface area contributed by atoms with Crippen LogP contribution in [0.25, 0.3) is 0 Å². The number of carbonyl (C=O) groups excluding carboxylic acids is 1. The summed E-state index contributed by atoms with van der Waals surface area (Å²) in [6, 6.07) is 18.5. The van der Waals surface area contributed by atoms with Gasteiger partial charge in [-0.15, -0.1) is 0 Å². The SMILES string of the molecule is COc1cc(C2NC(=O)c3cc(Cl)ccc3N2)ccc1OCCCCCCCCCCOc1c(OC)cc(C2CC(c3cc(OC)c(OC)c(OC)c3)=NO2)cc1OC. The molecular weight excluding hydrogens is 778 g/mol. The lowest BCUT2D eigenvalue weighted by Gasteiger charge is -2.28. The van der Waals surface area contributed by atoms with Crippen LogP contribution in [0.4, 0.5) is 5.69 Å². The van der Waals surface area contributed by atoms with Gasteiger partial charge in [0, 0.05) is 28.3 Å². The molecule has 14 heteroatoms. The lowest BCUT2D eigenvalue weighted by molar-refractivity contribution is 0.0852. The Morgan fingerprint density at radius 1 is 0.610 bits per heavy atom. The van der Waals surface area contributed by atoms with Gasteiger partial charge < -0.3 is 53.4 Å². The number of oxime groups is 1. The molecular formula is C45H54ClN3O10. The maximum absolute atomic E-state index is 12.7. The molecule has 2 aliphatic rings. The summed E-state index contributed by atoms with van der Waals surface area (Å²) in [5.74, 6) is 4.45. The maximum Gasteiger partial charge on any atom is 0.255 e. The number of nitrogens with one attached hydrogen (secondary N) is 2. The van der Waals surface area contributed by atoms with Gasteiger partial charge >= 0.3 is 0 Å². The molecule has 2 N–H and O–H groups in total. The van der Waals surface area contributed by atoms with E-state index >= 15 is 0 Å². The topological polar surface area (TPSA) is 137 Å². The Hall–Kier alpha value is -5.69. The summed E-state index contributed by atoms with van der Waals surface area (Å²) in [5, 5.41) is 11.2. The van der Waals surface area contributed by atoms with Crippen molar-refractivity contribution in [1.82, 2.24) is 5.32 Å². The normalized spacial score (nSPS) is 15.5. The quantitative estimate of drug-likeness (QED) is 0.0733. The largest absolute Gasteiger partial charge is 0.493 e. The Morgan fingerprint density at radius 3 is 1.80 bits per heavy atom. The second-order valence-corrected chi connectivity index (χ2v) is 14.6. The van der Waals surface area contributed by atoms with Crippen molar-refractivity contribution < 1.29 is 47.5 Å². The molecule has 4 aromatic carbocycles. The number of hydrogen-bond donors (Lipinski definition) is 2. The molecule has 2 atom stereocenters. The first kappa shape index (κ1) is 42.9. The molecule has 13 nitrogen and oxygen atoms in total. The second-order valence-electron chi connectivity index (χ2n) is 14.2. The van der Waals surface area contributed by atoms with E-state index in [0.29, 0.717) is 76.2 Å². The average Bonchev–Trinajstić information content (AvgIpc) is 3.77. The molecule has 2 unspecified atom stereocenters. The number of methoxy groups -OCH3 is 6. The number of hydrogen-bond acceptors (Lipinski definition) is 12. The van der Waals surface area contributed by atoms with Crippen LogP contribution in [0.1, 0.15) is 97.1 Å². The molecule has 0 saturated heterocycles. The van der Waals surface area contributed by atoms with Crippen molar-refractivity contribution in [3.63, 3.8) is 0 Å². The van der Waals surface area contributed by atoms with Crippen molar-refractivity contribution in [3.05, 3.63) is 87.9 Å². The smallest absolute Gasteiger partial charge is 0.255 e. The zero-order valence-corrected chi connectivity index (χ0v) is 35.4. The molecule has 6 rings (SSSR count). The highest BCUT2D eigenvalue weighted by Crippen LogP contribution is 2.44. The molecule has 2 aliphatic heterocycles. The maximum atomic E-state index is 12.7. The highest BCUT2D eigenvalue weighted by Gasteiger charge is 2.29. The number of benzene rings is 4. The summed E-state index contributed by atoms with van der Waals surface area (Å²) in [7, 11) is 9.59. The number of nitrogens with zero attached hydrogens (tertiary/aromatic N) is 1. The fourth-order valence-electron chi connectivity index (χ4n) is 7.20. The van der Waals surface area contributed by atoms with Gasteiger partial charge in [-0.2, -0.15) is 0 Å². The van der Waals surface area contributed by atoms with Crippen molar-refractivity contribution in [2.24, 2.45) is 5.16 Å². The summed E-state index contributed by atoms with van der Waals surface area (Å²) in [5.41, 5.74) is 4.55. The third-order valence-electron chi connectivity index (χ3n) is 10.4. The monoisotopic (exact) mass is 831 g/mol. The predicted octanol–water partition coefficient (Wildman–Crippen LogP) is 9.69. The van der Waals surface area contributed by atoms with E-state index in [9.17, 15) is 4.79 Å². The number of ether oxygens (including phenoxy) is 8. The van der Waals surface area contributed by atoms with E-state index in [1.807, 2.05) is 48.5 Å². The number of anilines is 1. The van der Waals surface area contributed by atoms with Gasteiger partial charge in [-0.25, -0.2) is 0 Å². The Labute approximate surface area is 351 Å². The van der Waals surface area contributed by atoms with Gasteiger partial charge in [-0.05, 0) is 73.0 Å². The molecule has 0 saturated carbocycles. The van der Waals surface area contributed by atoms with Crippen LogP contribution in [0.3, 0.4) is 0 Å². The van der Waals surface area contributed by atoms with Crippen LogP contribution < -0.4 is 48.5 Å². The Morgan fingerprint density at radius 2 is 1.19 bits per heavy atom. The van der Waals surface area contributed by atoms with Gasteiger partial charge in [0.15, 0.2) is 40.6 Å². The molecule has 4 aromatic rings. The van der Waals surface area contributed by atoms with Crippen molar-refractivity contribution in [3.8, 4) is 46.0 Å². The number of amides is 1. The van der Waals surface area contributed by atoms with E-state index in [-0.39, 0.29) is 12.0 Å². The minimum absolute atomic E-state index is 0.183. The first-order valence-corrected chi connectivity index (χ1v) is 20.3. The first-order valence-electron chi connectivity index (χ1n) is 19.9. The fourth-order valence-corrected chi connectivity index (χ4v) is 7.38. The van der Waals surface area contributed by atoms with Crippen LogP contribution in [-0.2, 0) is 4.84 Å². The number of carbonyl (C=O) groups is 1. The Balaban J connectivity index is 0.875. The minimum atomic E-state index is -0.399. The van der Waals surface area contributed by atoms with E-state index in [2.05, 4.69) is 15.8 Å². The molecule has 316 valence electrons. The van der Waals surface area contributed by atoms with Crippen molar-refractivity contribution in [2.75, 3.05) is 61.2 Å². The van der Waals surface area contributed by atoms with E-state index in [4.69, 9.17) is 54.3 Å². The molecule has 0 bridgehead atoms. The van der Waals surface area contributed by atoms with Crippen LogP contribution in [0.15, 0.2) is 65.8 Å². The summed E-state index contributed by atoms with van der Waals surface area (Å²) in [6.07, 6.45) is 8.45. The van der Waals surface area contributed by atoms with Crippen LogP contribution in [0.5, 0.6) is 46.0 Å². The van der Waals surface area contributed by atoms with Gasteiger partial charge in [-0.3, -0.25) is 4.79 Å². The standard InChI is InChI=1S/C45H54ClN3O10/c1-51-37-21-28(44-47-33-17-16-31(46)26-32(33)45(50)48-44)15-18-35(37)57-19-13-11-9-7-8-10-12-14-20-58-43-40(54-4)24-30(25-41(43)55-5)36-27-34(49-59-36)29-22-38(52-2)42(56-6)39(23-29)53-3/h15-18,21-26,36,44,47H,7-14,19-20,27H2,1-6H3,(H,48,50). The zero-order chi connectivity index (χ0) is 41.7. The Kier molecular flexibility index (Phi) is 15.1. The predicted molar refractivity (Wildman–Crippen MR) is 227 cm³/mol. The van der Waals surface area contributed by atoms with E-state index in [1.54, 1.807) is 54.8 Å². The number of rotatable bonds is 22. The highest BCUT2D eigenvalue weighted by atomic mass is 35.5. The van der Waals surface area contributed by atoms with Crippen molar-refractivity contribution >= 4 is 28.9 Å². The van der Waals surface area contributed by atoms with Crippen LogP contribution in [0.2, 0.25) is 5.02 Å². The van der Waals surface area contributed by atoms with Crippen molar-refractivity contribution in [2.45, 2.75) is 70.1 Å². The summed E-state index contributed by atoms with van der Waals surface area (Å²) >= 11 is 6.07. The molecule has 0 spiro atoms. The lowest BCUT2D eigenvalue weighted by Crippen LogP contribution is -2.38. The third kappa shape index (κ3) is 10.5. The lowest BCUT2D eigenvalue weighted by atomic mass is 9.99. The summed E-state index contributed by atoms with van der Waals surface area (Å²) in [6.45, 7) is 1.15. The summed E-state index contributed by atoms with van der Waals surface area (Å²) < 4.78 is 45.9. The molecule has 1 amide bonds. The number of unbranched alkanes of at least 4 members (excludes halogenated alkanes) is 7. The first-order chi connectivity index (χ1) is 28.8. The van der Waals surface area contributed by atoms with E-state index in [1.165, 1.54) is 12.8 Å². The van der Waals surface area contributed by atoms with E-state index < -0.39 is 6.17 Å². The molecule has 59 heavy (non-hydrogen) atoms. The fraction of sp³-hybridized carbons (Fsp3) is 0.422. The number of halogens is 1. The van der Waals surface area contributed by atoms with Crippen LogP contribution in [-0.4, -0.2) is 67.5 Å². The molecule has 0 aromatic heterocycles. The molecule has 2 heterocycles. The number of fused-ring (bicyclic) bond motifs is 1. The van der Waals surface area contributed by atoms with E-state index in [0.717, 1.165) is 66.6 Å². The van der Waals surface area contributed by atoms with Gasteiger partial charge in [0.05, 0.1) is 67.1 Å². The van der Waals surface area contributed by atoms with Crippen LogP contribution in [0, 0.1) is 0 Å². The van der Waals surface area contributed by atoms with Crippen molar-refractivity contribution in [1.29, 1.82) is 0 Å². The van der Waals surface area contributed by atoms with Gasteiger partial charge in [0.1, 0.15) is 6.17 Å². The van der Waals surface area contributed by atoms with Crippen LogP contribution >= 0.6 is 11.6 Å². The Bertz CT molecular complexity index is 2040. The third-order valence-corrected chi connectivity index (χ3v) is 10.6. The van der Waals surface area contributed by atoms with Gasteiger partial charge in [-0.1, -0.05) is 61.3 Å². The van der Waals surface area contributed by atoms with Gasteiger partial charge in [0.25, 0.3) is 5.91 Å².